The molecule has 152 valence electrons. The van der Waals surface area contributed by atoms with Crippen LogP contribution in [0.1, 0.15) is 27.3 Å². The van der Waals surface area contributed by atoms with Crippen LogP contribution in [-0.4, -0.2) is 29.3 Å². The maximum Gasteiger partial charge on any atom is 0.287 e. The molecule has 0 fully saturated rings. The molecule has 3 aromatic rings. The zero-order valence-electron chi connectivity index (χ0n) is 15.5. The fraction of sp³-hybridized carbons (Fsp3) is 0.167. The molecule has 1 N–H and O–H groups in total. The second-order valence-electron chi connectivity index (χ2n) is 6.36. The van der Waals surface area contributed by atoms with Crippen LogP contribution in [0.3, 0.4) is 0 Å². The number of nitrogens with one attached hydrogen (secondary N) is 1. The smallest absolute Gasteiger partial charge is 0.266 e. The van der Waals surface area contributed by atoms with Crippen molar-refractivity contribution in [1.29, 1.82) is 0 Å². The van der Waals surface area contributed by atoms with Gasteiger partial charge in [0.05, 0.1) is 20.6 Å². The second kappa shape index (κ2) is 7.95. The van der Waals surface area contributed by atoms with Crippen LogP contribution in [0.15, 0.2) is 35.2 Å². The van der Waals surface area contributed by atoms with Crippen molar-refractivity contribution in [3.05, 3.63) is 67.9 Å². The highest BCUT2D eigenvalue weighted by Crippen LogP contribution is 2.32. The standard InChI is InChI=1S/C18H15Cl3N4O3S/c1-9-4-5-10(2)15(6-9)29(27,28)23-18(26)16-11(3)25(24-22-16)17-13(20)7-12(19)8-14(17)21/h4-8H,1-3H3,(H,23,26). The van der Waals surface area contributed by atoms with Crippen LogP contribution < -0.4 is 4.72 Å². The third kappa shape index (κ3) is 4.25. The number of rotatable bonds is 4. The van der Waals surface area contributed by atoms with Crippen molar-refractivity contribution in [2.75, 3.05) is 0 Å². The Bertz CT molecular complexity index is 1220. The average Bonchev–Trinajstić information content (AvgIpc) is 2.97. The molecule has 0 bridgehead atoms. The summed E-state index contributed by atoms with van der Waals surface area (Å²) >= 11 is 18.3. The van der Waals surface area contributed by atoms with Gasteiger partial charge < -0.3 is 0 Å². The number of carbonyl (C=O) groups is 1. The zero-order chi connectivity index (χ0) is 21.5. The molecular formula is C18H15Cl3N4O3S. The van der Waals surface area contributed by atoms with E-state index in [-0.39, 0.29) is 32.0 Å². The molecule has 0 aliphatic carbocycles. The number of hydrogen-bond acceptors (Lipinski definition) is 5. The van der Waals surface area contributed by atoms with E-state index in [0.717, 1.165) is 5.56 Å². The second-order valence-corrected chi connectivity index (χ2v) is 9.26. The minimum atomic E-state index is -4.10. The monoisotopic (exact) mass is 472 g/mol. The summed E-state index contributed by atoms with van der Waals surface area (Å²) in [5.74, 6) is -0.920. The van der Waals surface area contributed by atoms with E-state index in [9.17, 15) is 13.2 Å². The molecule has 0 aliphatic heterocycles. The van der Waals surface area contributed by atoms with Crippen LogP contribution in [-0.2, 0) is 10.0 Å². The van der Waals surface area contributed by atoms with Crippen molar-refractivity contribution in [3.63, 3.8) is 0 Å². The summed E-state index contributed by atoms with van der Waals surface area (Å²) in [6.45, 7) is 4.95. The minimum Gasteiger partial charge on any atom is -0.266 e. The Morgan fingerprint density at radius 2 is 1.66 bits per heavy atom. The highest BCUT2D eigenvalue weighted by molar-refractivity contribution is 7.90. The van der Waals surface area contributed by atoms with Crippen LogP contribution in [0.2, 0.25) is 15.1 Å². The fourth-order valence-corrected chi connectivity index (χ4v) is 4.97. The molecule has 3 rings (SSSR count). The van der Waals surface area contributed by atoms with E-state index in [1.807, 2.05) is 4.72 Å². The summed E-state index contributed by atoms with van der Waals surface area (Å²) in [5, 5.41) is 8.42. The maximum absolute atomic E-state index is 12.7. The van der Waals surface area contributed by atoms with Gasteiger partial charge in [0.2, 0.25) is 0 Å². The van der Waals surface area contributed by atoms with Crippen LogP contribution in [0.25, 0.3) is 5.69 Å². The number of aryl methyl sites for hydroxylation is 2. The first-order valence-electron chi connectivity index (χ1n) is 8.23. The Hall–Kier alpha value is -2.13. The highest BCUT2D eigenvalue weighted by Gasteiger charge is 2.26. The average molecular weight is 474 g/mol. The van der Waals surface area contributed by atoms with Crippen LogP contribution in [0.5, 0.6) is 0 Å². The molecule has 0 spiro atoms. The maximum atomic E-state index is 12.7. The van der Waals surface area contributed by atoms with Crippen molar-refractivity contribution in [2.45, 2.75) is 25.7 Å². The van der Waals surface area contributed by atoms with Crippen molar-refractivity contribution in [3.8, 4) is 5.69 Å². The number of benzene rings is 2. The van der Waals surface area contributed by atoms with E-state index in [4.69, 9.17) is 34.8 Å². The van der Waals surface area contributed by atoms with Gasteiger partial charge in [-0.25, -0.2) is 17.8 Å². The summed E-state index contributed by atoms with van der Waals surface area (Å²) < 4.78 is 28.6. The molecule has 1 aromatic heterocycles. The quantitative estimate of drug-likeness (QED) is 0.610. The molecule has 0 atom stereocenters. The van der Waals surface area contributed by atoms with Gasteiger partial charge in [0.1, 0.15) is 5.69 Å². The van der Waals surface area contributed by atoms with Crippen molar-refractivity contribution in [1.82, 2.24) is 19.7 Å². The van der Waals surface area contributed by atoms with Gasteiger partial charge in [0.25, 0.3) is 15.9 Å². The normalized spacial score (nSPS) is 11.5. The molecule has 0 unspecified atom stereocenters. The fourth-order valence-electron chi connectivity index (χ4n) is 2.71. The van der Waals surface area contributed by atoms with Gasteiger partial charge in [-0.1, -0.05) is 52.1 Å². The molecule has 7 nitrogen and oxygen atoms in total. The first-order valence-corrected chi connectivity index (χ1v) is 10.8. The molecule has 29 heavy (non-hydrogen) atoms. The lowest BCUT2D eigenvalue weighted by atomic mass is 10.2. The third-order valence-corrected chi connectivity index (χ3v) is 6.43. The lowest BCUT2D eigenvalue weighted by Crippen LogP contribution is -2.32. The van der Waals surface area contributed by atoms with Gasteiger partial charge >= 0.3 is 0 Å². The van der Waals surface area contributed by atoms with E-state index < -0.39 is 15.9 Å². The Labute approximate surface area is 182 Å². The van der Waals surface area contributed by atoms with E-state index >= 15 is 0 Å². The predicted octanol–water partition coefficient (Wildman–Crippen LogP) is 4.27. The summed E-state index contributed by atoms with van der Waals surface area (Å²) in [6.07, 6.45) is 0. The number of nitrogens with zero attached hydrogens (tertiary/aromatic N) is 3. The number of halogens is 3. The molecule has 0 radical (unpaired) electrons. The Morgan fingerprint density at radius 1 is 1.03 bits per heavy atom. The van der Waals surface area contributed by atoms with Gasteiger partial charge in [-0.2, -0.15) is 0 Å². The number of carbonyl (C=O) groups excluding carboxylic acids is 1. The van der Waals surface area contributed by atoms with Crippen LogP contribution in [0, 0.1) is 20.8 Å². The Balaban J connectivity index is 1.97. The topological polar surface area (TPSA) is 93.9 Å². The Morgan fingerprint density at radius 3 is 2.28 bits per heavy atom. The molecule has 0 saturated heterocycles. The molecule has 0 aliphatic rings. The number of amides is 1. The summed E-state index contributed by atoms with van der Waals surface area (Å²) in [7, 11) is -4.10. The van der Waals surface area contributed by atoms with Gasteiger partial charge in [0, 0.05) is 5.02 Å². The number of aromatic nitrogens is 3. The SMILES string of the molecule is Cc1ccc(C)c(S(=O)(=O)NC(=O)c2nnn(-c3c(Cl)cc(Cl)cc3Cl)c2C)c1. The third-order valence-electron chi connectivity index (χ3n) is 4.16. The number of hydrogen-bond donors (Lipinski definition) is 1. The largest absolute Gasteiger partial charge is 0.287 e. The predicted molar refractivity (Wildman–Crippen MR) is 112 cm³/mol. The molecule has 11 heteroatoms. The van der Waals surface area contributed by atoms with Gasteiger partial charge in [-0.05, 0) is 50.1 Å². The van der Waals surface area contributed by atoms with E-state index in [1.54, 1.807) is 32.9 Å². The van der Waals surface area contributed by atoms with E-state index in [0.29, 0.717) is 10.6 Å². The van der Waals surface area contributed by atoms with Crippen molar-refractivity contribution in [2.24, 2.45) is 0 Å². The molecule has 2 aromatic carbocycles. The van der Waals surface area contributed by atoms with E-state index in [2.05, 4.69) is 10.3 Å². The molecular weight excluding hydrogens is 459 g/mol. The minimum absolute atomic E-state index is 0.0136. The zero-order valence-corrected chi connectivity index (χ0v) is 18.6. The summed E-state index contributed by atoms with van der Waals surface area (Å²) in [6, 6.07) is 7.88. The van der Waals surface area contributed by atoms with E-state index in [1.165, 1.54) is 22.9 Å². The number of sulfonamides is 1. The summed E-state index contributed by atoms with van der Waals surface area (Å²) in [5.41, 5.74) is 1.61. The molecule has 0 saturated carbocycles. The Kier molecular flexibility index (Phi) is 5.91. The first kappa shape index (κ1) is 21.6. The first-order chi connectivity index (χ1) is 13.5. The molecule has 1 amide bonds. The molecule has 1 heterocycles. The summed E-state index contributed by atoms with van der Waals surface area (Å²) in [4.78, 5) is 12.6. The van der Waals surface area contributed by atoms with Gasteiger partial charge in [-0.15, -0.1) is 5.10 Å². The van der Waals surface area contributed by atoms with Crippen LogP contribution >= 0.6 is 34.8 Å². The lowest BCUT2D eigenvalue weighted by Gasteiger charge is -2.10. The van der Waals surface area contributed by atoms with Crippen LogP contribution in [0.4, 0.5) is 0 Å². The lowest BCUT2D eigenvalue weighted by molar-refractivity contribution is 0.0976. The van der Waals surface area contributed by atoms with Crippen molar-refractivity contribution < 1.29 is 13.2 Å². The van der Waals surface area contributed by atoms with Gasteiger partial charge in [-0.3, -0.25) is 4.79 Å². The van der Waals surface area contributed by atoms with Gasteiger partial charge in [0.15, 0.2) is 5.69 Å². The highest BCUT2D eigenvalue weighted by atomic mass is 35.5. The van der Waals surface area contributed by atoms with Crippen molar-refractivity contribution >= 4 is 50.7 Å².